The normalized spacial score (nSPS) is 11.1. The van der Waals surface area contributed by atoms with Gasteiger partial charge in [0.25, 0.3) is 0 Å². The van der Waals surface area contributed by atoms with Gasteiger partial charge in [0.1, 0.15) is 0 Å². The number of carboxylic acid groups (broad SMARTS) is 1. The highest BCUT2D eigenvalue weighted by atomic mass is 32.1. The molecule has 1 N–H and O–H groups in total. The smallest absolute Gasteiger partial charge is 0.337 e. The lowest BCUT2D eigenvalue weighted by atomic mass is 10.2. The second-order valence-corrected chi connectivity index (χ2v) is 5.52. The lowest BCUT2D eigenvalue weighted by Gasteiger charge is -2.09. The molecule has 0 aliphatic carbocycles. The fraction of sp³-hybridized carbons (Fsp3) is 0.133. The fourth-order valence-electron chi connectivity index (χ4n) is 2.47. The summed E-state index contributed by atoms with van der Waals surface area (Å²) >= 11 is 1.71. The highest BCUT2D eigenvalue weighted by Gasteiger charge is 2.15. The van der Waals surface area contributed by atoms with Crippen molar-refractivity contribution in [3.8, 4) is 5.69 Å². The molecule has 96 valence electrons. The Morgan fingerprint density at radius 2 is 2.00 bits per heavy atom. The second-order valence-electron chi connectivity index (χ2n) is 4.57. The van der Waals surface area contributed by atoms with Gasteiger partial charge in [-0.1, -0.05) is 0 Å². The molecule has 0 aliphatic rings. The van der Waals surface area contributed by atoms with Crippen LogP contribution in [0.2, 0.25) is 0 Å². The number of thiophene rings is 1. The van der Waals surface area contributed by atoms with Crippen LogP contribution in [0.5, 0.6) is 0 Å². The highest BCUT2D eigenvalue weighted by molar-refractivity contribution is 7.17. The lowest BCUT2D eigenvalue weighted by Crippen LogP contribution is -2.02. The standard InChI is InChI=1S/C15H13NO2S/c1-9-7-13(15(17)18)10(2)16(9)12-3-4-14-11(8-12)5-6-19-14/h3-8H,1-2H3,(H,17,18). The van der Waals surface area contributed by atoms with Crippen molar-refractivity contribution in [2.75, 3.05) is 0 Å². The van der Waals surface area contributed by atoms with Crippen LogP contribution in [0.1, 0.15) is 21.7 Å². The zero-order chi connectivity index (χ0) is 13.6. The van der Waals surface area contributed by atoms with E-state index in [9.17, 15) is 9.90 Å². The second kappa shape index (κ2) is 4.24. The summed E-state index contributed by atoms with van der Waals surface area (Å²) in [5.74, 6) is -0.879. The summed E-state index contributed by atoms with van der Waals surface area (Å²) in [5, 5.41) is 12.4. The average molecular weight is 271 g/mol. The number of aromatic nitrogens is 1. The van der Waals surface area contributed by atoms with Crippen LogP contribution in [0.4, 0.5) is 0 Å². The van der Waals surface area contributed by atoms with Gasteiger partial charge in [0.15, 0.2) is 0 Å². The molecule has 0 fully saturated rings. The first-order valence-electron chi connectivity index (χ1n) is 5.98. The van der Waals surface area contributed by atoms with Gasteiger partial charge in [0, 0.05) is 21.8 Å². The molecule has 0 saturated carbocycles. The van der Waals surface area contributed by atoms with E-state index in [1.807, 2.05) is 24.5 Å². The quantitative estimate of drug-likeness (QED) is 0.765. The maximum atomic E-state index is 11.2. The molecule has 4 heteroatoms. The third-order valence-electron chi connectivity index (χ3n) is 3.36. The maximum absolute atomic E-state index is 11.2. The van der Waals surface area contributed by atoms with Crippen LogP contribution in [-0.2, 0) is 0 Å². The van der Waals surface area contributed by atoms with Gasteiger partial charge in [-0.25, -0.2) is 4.79 Å². The Bertz CT molecular complexity index is 783. The minimum atomic E-state index is -0.879. The van der Waals surface area contributed by atoms with Crippen molar-refractivity contribution in [2.45, 2.75) is 13.8 Å². The molecule has 0 unspecified atom stereocenters. The van der Waals surface area contributed by atoms with E-state index < -0.39 is 5.97 Å². The predicted molar refractivity (Wildman–Crippen MR) is 77.6 cm³/mol. The summed E-state index contributed by atoms with van der Waals surface area (Å²) in [7, 11) is 0. The molecule has 3 aromatic rings. The number of hydrogen-bond donors (Lipinski definition) is 1. The third kappa shape index (κ3) is 1.85. The largest absolute Gasteiger partial charge is 0.478 e. The first kappa shape index (κ1) is 12.0. The number of fused-ring (bicyclic) bond motifs is 1. The molecule has 3 rings (SSSR count). The van der Waals surface area contributed by atoms with Crippen molar-refractivity contribution >= 4 is 27.4 Å². The number of aromatic carboxylic acids is 1. The third-order valence-corrected chi connectivity index (χ3v) is 4.25. The van der Waals surface area contributed by atoms with E-state index in [0.717, 1.165) is 17.1 Å². The summed E-state index contributed by atoms with van der Waals surface area (Å²) in [6.07, 6.45) is 0. The number of hydrogen-bond acceptors (Lipinski definition) is 2. The van der Waals surface area contributed by atoms with Crippen LogP contribution in [0, 0.1) is 13.8 Å². The molecule has 1 aromatic carbocycles. The molecule has 19 heavy (non-hydrogen) atoms. The molecule has 2 aromatic heterocycles. The van der Waals surface area contributed by atoms with Crippen molar-refractivity contribution in [2.24, 2.45) is 0 Å². The average Bonchev–Trinajstić information content (AvgIpc) is 2.93. The molecule has 3 nitrogen and oxygen atoms in total. The number of carboxylic acids is 1. The Labute approximate surface area is 114 Å². The summed E-state index contributed by atoms with van der Waals surface area (Å²) in [6, 6.07) is 10.0. The molecule has 0 amide bonds. The molecule has 2 heterocycles. The molecule has 0 bridgehead atoms. The number of nitrogens with zero attached hydrogens (tertiary/aromatic N) is 1. The predicted octanol–water partition coefficient (Wildman–Crippen LogP) is 4.01. The highest BCUT2D eigenvalue weighted by Crippen LogP contribution is 2.26. The van der Waals surface area contributed by atoms with Crippen LogP contribution in [0.25, 0.3) is 15.8 Å². The summed E-state index contributed by atoms with van der Waals surface area (Å²) < 4.78 is 3.23. The minimum Gasteiger partial charge on any atom is -0.478 e. The number of rotatable bonds is 2. The van der Waals surface area contributed by atoms with E-state index in [1.54, 1.807) is 17.4 Å². The minimum absolute atomic E-state index is 0.364. The summed E-state index contributed by atoms with van der Waals surface area (Å²) in [6.45, 7) is 3.77. The van der Waals surface area contributed by atoms with Gasteiger partial charge in [0.2, 0.25) is 0 Å². The van der Waals surface area contributed by atoms with E-state index in [1.165, 1.54) is 10.1 Å². The van der Waals surface area contributed by atoms with Crippen molar-refractivity contribution in [1.82, 2.24) is 4.57 Å². The van der Waals surface area contributed by atoms with Gasteiger partial charge in [-0.3, -0.25) is 0 Å². The molecule has 0 aliphatic heterocycles. The maximum Gasteiger partial charge on any atom is 0.337 e. The van der Waals surface area contributed by atoms with Crippen molar-refractivity contribution in [1.29, 1.82) is 0 Å². The molecular weight excluding hydrogens is 258 g/mol. The topological polar surface area (TPSA) is 42.2 Å². The van der Waals surface area contributed by atoms with Gasteiger partial charge in [-0.2, -0.15) is 0 Å². The Balaban J connectivity index is 2.23. The summed E-state index contributed by atoms with van der Waals surface area (Å²) in [4.78, 5) is 11.2. The lowest BCUT2D eigenvalue weighted by molar-refractivity contribution is 0.0696. The van der Waals surface area contributed by atoms with Gasteiger partial charge in [0.05, 0.1) is 5.56 Å². The van der Waals surface area contributed by atoms with Crippen LogP contribution < -0.4 is 0 Å². The molecule has 0 spiro atoms. The Morgan fingerprint density at radius 3 is 2.68 bits per heavy atom. The first-order chi connectivity index (χ1) is 9.08. The Morgan fingerprint density at radius 1 is 1.21 bits per heavy atom. The Kier molecular flexibility index (Phi) is 2.68. The van der Waals surface area contributed by atoms with Crippen LogP contribution >= 0.6 is 11.3 Å². The van der Waals surface area contributed by atoms with Crippen molar-refractivity contribution in [3.05, 3.63) is 52.7 Å². The van der Waals surface area contributed by atoms with E-state index in [-0.39, 0.29) is 0 Å². The Hall–Kier alpha value is -2.07. The van der Waals surface area contributed by atoms with E-state index in [0.29, 0.717) is 5.56 Å². The van der Waals surface area contributed by atoms with E-state index in [2.05, 4.69) is 23.6 Å². The fourth-order valence-corrected chi connectivity index (χ4v) is 3.24. The number of aryl methyl sites for hydroxylation is 1. The monoisotopic (exact) mass is 271 g/mol. The van der Waals surface area contributed by atoms with Gasteiger partial charge in [-0.15, -0.1) is 11.3 Å². The first-order valence-corrected chi connectivity index (χ1v) is 6.86. The number of benzene rings is 1. The van der Waals surface area contributed by atoms with Gasteiger partial charge < -0.3 is 9.67 Å². The zero-order valence-electron chi connectivity index (χ0n) is 10.7. The van der Waals surface area contributed by atoms with Crippen LogP contribution in [-0.4, -0.2) is 15.6 Å². The van der Waals surface area contributed by atoms with Gasteiger partial charge in [-0.05, 0) is 54.9 Å². The molecule has 0 saturated heterocycles. The molecule has 0 atom stereocenters. The van der Waals surface area contributed by atoms with Crippen LogP contribution in [0.3, 0.4) is 0 Å². The molecule has 0 radical (unpaired) electrons. The molecular formula is C15H13NO2S. The van der Waals surface area contributed by atoms with Gasteiger partial charge >= 0.3 is 5.97 Å². The number of carbonyl (C=O) groups is 1. The van der Waals surface area contributed by atoms with E-state index in [4.69, 9.17) is 0 Å². The summed E-state index contributed by atoms with van der Waals surface area (Å²) in [5.41, 5.74) is 3.07. The van der Waals surface area contributed by atoms with Crippen molar-refractivity contribution < 1.29 is 9.90 Å². The zero-order valence-corrected chi connectivity index (χ0v) is 11.5. The SMILES string of the molecule is Cc1cc(C(=O)O)c(C)n1-c1ccc2sccc2c1. The van der Waals surface area contributed by atoms with Crippen molar-refractivity contribution in [3.63, 3.8) is 0 Å². The van der Waals surface area contributed by atoms with Crippen LogP contribution in [0.15, 0.2) is 35.7 Å². The van der Waals surface area contributed by atoms with E-state index >= 15 is 0 Å².